The van der Waals surface area contributed by atoms with E-state index in [2.05, 4.69) is 25.5 Å². The van der Waals surface area contributed by atoms with Crippen molar-refractivity contribution in [3.05, 3.63) is 28.2 Å². The van der Waals surface area contributed by atoms with Crippen LogP contribution in [0.15, 0.2) is 27.0 Å². The van der Waals surface area contributed by atoms with Crippen molar-refractivity contribution in [1.29, 1.82) is 0 Å². The third kappa shape index (κ3) is 6.04. The normalized spacial score (nSPS) is 20.2. The minimum absolute atomic E-state index is 0.145. The molecule has 0 aliphatic carbocycles. The zero-order valence-electron chi connectivity index (χ0n) is 20.9. The average Bonchev–Trinajstić information content (AvgIpc) is 3.56. The topological polar surface area (TPSA) is 189 Å². The molecule has 2 aromatic heterocycles. The fraction of sp³-hybridized carbons (Fsp3) is 0.476. The Hall–Kier alpha value is -3.32. The van der Waals surface area contributed by atoms with E-state index in [-0.39, 0.29) is 33.1 Å². The number of carbonyl (C=O) groups is 3. The fourth-order valence-corrected chi connectivity index (χ4v) is 7.23. The van der Waals surface area contributed by atoms with Gasteiger partial charge in [-0.25, -0.2) is 9.78 Å². The number of aromatic nitrogens is 4. The zero-order valence-corrected chi connectivity index (χ0v) is 23.3. The molecule has 13 nitrogen and oxygen atoms in total. The SMILES string of the molecule is CCCCC(Sc1n[nH]c(C(F)(F)F)n1)C1=C(C(=O)O)N2C(=O)[C@@H](NC(=O)C(=NOC)c3csc(N)n3)[C@@H]2SC1. The fourth-order valence-electron chi connectivity index (χ4n) is 4.04. The summed E-state index contributed by atoms with van der Waals surface area (Å²) in [7, 11) is 1.23. The molecule has 2 amide bonds. The second kappa shape index (κ2) is 12.0. The number of rotatable bonds is 11. The molecule has 0 saturated carbocycles. The molecule has 0 radical (unpaired) electrons. The Labute approximate surface area is 237 Å². The summed E-state index contributed by atoms with van der Waals surface area (Å²) >= 11 is 3.21. The molecule has 40 heavy (non-hydrogen) atoms. The first-order valence-corrected chi connectivity index (χ1v) is 14.5. The number of halogens is 3. The van der Waals surface area contributed by atoms with Crippen molar-refractivity contribution < 1.29 is 37.5 Å². The van der Waals surface area contributed by atoms with Gasteiger partial charge in [0.2, 0.25) is 11.0 Å². The molecule has 2 aromatic rings. The van der Waals surface area contributed by atoms with Gasteiger partial charge in [-0.15, -0.1) is 28.2 Å². The minimum atomic E-state index is -4.71. The van der Waals surface area contributed by atoms with Crippen LogP contribution in [0.5, 0.6) is 0 Å². The number of nitrogens with two attached hydrogens (primary N) is 1. The second-order valence-corrected chi connectivity index (χ2v) is 11.6. The lowest BCUT2D eigenvalue weighted by Gasteiger charge is -2.50. The highest BCUT2D eigenvalue weighted by Gasteiger charge is 2.55. The van der Waals surface area contributed by atoms with Crippen molar-refractivity contribution in [2.24, 2.45) is 5.16 Å². The maximum absolute atomic E-state index is 13.2. The molecule has 0 spiro atoms. The van der Waals surface area contributed by atoms with Gasteiger partial charge in [0.25, 0.3) is 11.8 Å². The van der Waals surface area contributed by atoms with Crippen LogP contribution in [0.25, 0.3) is 0 Å². The van der Waals surface area contributed by atoms with Crippen LogP contribution in [0.3, 0.4) is 0 Å². The van der Waals surface area contributed by atoms with Crippen LogP contribution in [-0.2, 0) is 25.4 Å². The van der Waals surface area contributed by atoms with Crippen molar-refractivity contribution in [2.75, 3.05) is 18.6 Å². The van der Waals surface area contributed by atoms with Crippen molar-refractivity contribution in [2.45, 2.75) is 54.2 Å². The highest BCUT2D eigenvalue weighted by molar-refractivity contribution is 8.01. The quantitative estimate of drug-likeness (QED) is 0.125. The van der Waals surface area contributed by atoms with Crippen molar-refractivity contribution in [1.82, 2.24) is 30.4 Å². The highest BCUT2D eigenvalue weighted by Crippen LogP contribution is 2.45. The molecule has 3 atom stereocenters. The number of thioether (sulfide) groups is 2. The lowest BCUT2D eigenvalue weighted by molar-refractivity contribution is -0.150. The lowest BCUT2D eigenvalue weighted by atomic mass is 9.99. The van der Waals surface area contributed by atoms with E-state index in [1.165, 1.54) is 24.3 Å². The number of nitrogens with one attached hydrogen (secondary N) is 2. The smallest absolute Gasteiger partial charge is 0.451 e. The number of oxime groups is 1. The molecule has 0 aromatic carbocycles. The number of carboxylic acid groups (broad SMARTS) is 1. The van der Waals surface area contributed by atoms with Crippen molar-refractivity contribution >= 4 is 63.5 Å². The Morgan fingerprint density at radius 1 is 1.43 bits per heavy atom. The zero-order chi connectivity index (χ0) is 29.2. The van der Waals surface area contributed by atoms with Crippen molar-refractivity contribution in [3.63, 3.8) is 0 Å². The predicted octanol–water partition coefficient (Wildman–Crippen LogP) is 2.30. The molecule has 5 N–H and O–H groups in total. The number of H-pyrrole nitrogens is 1. The van der Waals surface area contributed by atoms with E-state index in [0.717, 1.165) is 34.4 Å². The van der Waals surface area contributed by atoms with Crippen LogP contribution in [0.4, 0.5) is 18.3 Å². The molecule has 0 bridgehead atoms. The molecule has 4 heterocycles. The van der Waals surface area contributed by atoms with Gasteiger partial charge in [0, 0.05) is 16.4 Å². The summed E-state index contributed by atoms with van der Waals surface area (Å²) in [6, 6.07) is -1.06. The van der Waals surface area contributed by atoms with Gasteiger partial charge in [0.15, 0.2) is 10.8 Å². The van der Waals surface area contributed by atoms with E-state index in [0.29, 0.717) is 18.4 Å². The third-order valence-electron chi connectivity index (χ3n) is 5.84. The summed E-state index contributed by atoms with van der Waals surface area (Å²) < 4.78 is 39.0. The summed E-state index contributed by atoms with van der Waals surface area (Å²) in [4.78, 5) is 51.8. The molecule has 2 aliphatic heterocycles. The van der Waals surface area contributed by atoms with E-state index >= 15 is 0 Å². The van der Waals surface area contributed by atoms with Gasteiger partial charge in [-0.3, -0.25) is 19.6 Å². The summed E-state index contributed by atoms with van der Waals surface area (Å²) in [6.45, 7) is 1.92. The van der Waals surface area contributed by atoms with Crippen molar-refractivity contribution in [3.8, 4) is 0 Å². The van der Waals surface area contributed by atoms with E-state index in [4.69, 9.17) is 10.6 Å². The first-order chi connectivity index (χ1) is 19.0. The molecule has 216 valence electrons. The number of alkyl halides is 3. The Morgan fingerprint density at radius 3 is 2.75 bits per heavy atom. The molecule has 1 unspecified atom stereocenters. The minimum Gasteiger partial charge on any atom is -0.477 e. The number of hydrogen-bond acceptors (Lipinski definition) is 12. The van der Waals surface area contributed by atoms with E-state index in [1.54, 1.807) is 0 Å². The molecular weight excluding hydrogens is 597 g/mol. The molecular formula is C21H23F3N8O5S3. The van der Waals surface area contributed by atoms with E-state index in [1.807, 2.05) is 12.0 Å². The standard InChI is InChI=1S/C21H23F3N8O5S3/c1-3-4-5-10(40-20-28-18(29-30-20)21(22,23)24)8-6-38-16-12(15(34)32(16)13(8)17(35)36)27-14(33)11(31-37-2)9-7-39-19(25)26-9/h7,10,12,16H,3-6H2,1-2H3,(H2,25,26)(H,27,33)(H,35,36)(H,28,29,30)/t10?,12-,16+/m1/s1. The second-order valence-electron chi connectivity index (χ2n) is 8.45. The summed E-state index contributed by atoms with van der Waals surface area (Å²) in [6.07, 6.45) is -2.90. The van der Waals surface area contributed by atoms with E-state index in [9.17, 15) is 32.7 Å². The third-order valence-corrected chi connectivity index (χ3v) is 9.01. The Kier molecular flexibility index (Phi) is 8.93. The van der Waals surface area contributed by atoms with Gasteiger partial charge in [-0.05, 0) is 12.0 Å². The number of β-lactam (4-membered cyclic amide) rings is 1. The first-order valence-electron chi connectivity index (χ1n) is 11.7. The van der Waals surface area contributed by atoms with Crippen LogP contribution in [0.2, 0.25) is 0 Å². The van der Waals surface area contributed by atoms with Crippen LogP contribution >= 0.6 is 34.9 Å². The number of carbonyl (C=O) groups excluding carboxylic acids is 2. The maximum atomic E-state index is 13.2. The number of anilines is 1. The van der Waals surface area contributed by atoms with Gasteiger partial charge in [-0.2, -0.15) is 18.2 Å². The van der Waals surface area contributed by atoms with E-state index < -0.39 is 46.5 Å². The first kappa shape index (κ1) is 29.7. The van der Waals surface area contributed by atoms with Gasteiger partial charge >= 0.3 is 12.1 Å². The summed E-state index contributed by atoms with van der Waals surface area (Å²) in [5, 5.41) is 22.0. The lowest BCUT2D eigenvalue weighted by Crippen LogP contribution is -2.71. The van der Waals surface area contributed by atoms with Crippen LogP contribution in [0, 0.1) is 0 Å². The number of unbranched alkanes of at least 4 members (excludes halogenated alkanes) is 1. The Bertz CT molecular complexity index is 1360. The Morgan fingerprint density at radius 2 is 2.17 bits per heavy atom. The van der Waals surface area contributed by atoms with Crippen LogP contribution < -0.4 is 11.1 Å². The largest absolute Gasteiger partial charge is 0.477 e. The number of aromatic amines is 1. The number of aliphatic carboxylic acids is 1. The van der Waals surface area contributed by atoms with Gasteiger partial charge in [-0.1, -0.05) is 36.7 Å². The summed E-state index contributed by atoms with van der Waals surface area (Å²) in [5.41, 5.74) is 5.67. The highest BCUT2D eigenvalue weighted by atomic mass is 32.2. The monoisotopic (exact) mass is 620 g/mol. The van der Waals surface area contributed by atoms with Gasteiger partial charge in [0.1, 0.15) is 29.9 Å². The molecule has 1 saturated heterocycles. The summed E-state index contributed by atoms with van der Waals surface area (Å²) in [5.74, 6) is -3.90. The number of thiazole rings is 1. The average molecular weight is 621 g/mol. The van der Waals surface area contributed by atoms with Crippen LogP contribution in [0.1, 0.15) is 37.7 Å². The number of hydrogen-bond donors (Lipinski definition) is 4. The maximum Gasteiger partial charge on any atom is 0.451 e. The number of nitrogens with zero attached hydrogens (tertiary/aromatic N) is 5. The number of fused-ring (bicyclic) bond motifs is 1. The van der Waals surface area contributed by atoms with Gasteiger partial charge in [0.05, 0.1) is 0 Å². The predicted molar refractivity (Wildman–Crippen MR) is 140 cm³/mol. The number of amides is 2. The van der Waals surface area contributed by atoms with Crippen LogP contribution in [-0.4, -0.2) is 83.2 Å². The Balaban J connectivity index is 1.57. The number of carboxylic acids is 1. The molecule has 2 aliphatic rings. The van der Waals surface area contributed by atoms with Gasteiger partial charge < -0.3 is 21.0 Å². The molecule has 19 heteroatoms. The molecule has 1 fully saturated rings. The molecule has 4 rings (SSSR count). The number of nitrogen functional groups attached to an aromatic ring is 1.